The molecule has 1 aromatic heterocycles. The number of ether oxygens (including phenoxy) is 1. The first kappa shape index (κ1) is 31.3. The lowest BCUT2D eigenvalue weighted by molar-refractivity contribution is -0.153. The van der Waals surface area contributed by atoms with Gasteiger partial charge in [0.1, 0.15) is 12.5 Å². The number of hydrogen-bond donors (Lipinski definition) is 3. The second kappa shape index (κ2) is 14.0. The number of aromatic nitrogens is 1. The van der Waals surface area contributed by atoms with Crippen LogP contribution in [0.5, 0.6) is 0 Å². The SMILES string of the molecule is O=C(O)CC1CCC(c2ccc(NCOCCCNC(=O)c3nc(-c4c(F)cccc4Cl)oc3C(F)(F)F)cc2)CC1. The van der Waals surface area contributed by atoms with Crippen LogP contribution in [0.3, 0.4) is 0 Å². The number of halogens is 5. The summed E-state index contributed by atoms with van der Waals surface area (Å²) in [6, 6.07) is 11.5. The predicted octanol–water partition coefficient (Wildman–Crippen LogP) is 7.11. The molecule has 2 aromatic carbocycles. The van der Waals surface area contributed by atoms with E-state index in [-0.39, 0.29) is 37.2 Å². The molecule has 0 unspecified atom stereocenters. The highest BCUT2D eigenvalue weighted by Crippen LogP contribution is 2.39. The summed E-state index contributed by atoms with van der Waals surface area (Å²) >= 11 is 5.90. The molecule has 1 saturated carbocycles. The third-order valence-corrected chi connectivity index (χ3v) is 7.41. The van der Waals surface area contributed by atoms with Crippen LogP contribution in [0.4, 0.5) is 23.2 Å². The molecule has 42 heavy (non-hydrogen) atoms. The average Bonchev–Trinajstić information content (AvgIpc) is 3.39. The maximum atomic E-state index is 14.2. The fourth-order valence-electron chi connectivity index (χ4n) is 4.96. The minimum absolute atomic E-state index is 0.00217. The van der Waals surface area contributed by atoms with Crippen molar-refractivity contribution in [1.29, 1.82) is 0 Å². The Morgan fingerprint density at radius 3 is 2.45 bits per heavy atom. The van der Waals surface area contributed by atoms with E-state index in [9.17, 15) is 27.2 Å². The number of benzene rings is 2. The summed E-state index contributed by atoms with van der Waals surface area (Å²) < 4.78 is 64.9. The molecule has 1 heterocycles. The van der Waals surface area contributed by atoms with Gasteiger partial charge in [0.15, 0.2) is 5.69 Å². The average molecular weight is 612 g/mol. The molecule has 3 aromatic rings. The molecular formula is C29H30ClF4N3O5. The normalized spacial score (nSPS) is 17.2. The van der Waals surface area contributed by atoms with E-state index in [1.54, 1.807) is 0 Å². The van der Waals surface area contributed by atoms with Gasteiger partial charge in [0, 0.05) is 18.7 Å². The first-order chi connectivity index (χ1) is 20.0. The van der Waals surface area contributed by atoms with Crippen LogP contribution in [0.1, 0.15) is 66.3 Å². The molecule has 0 radical (unpaired) electrons. The van der Waals surface area contributed by atoms with Gasteiger partial charge in [-0.1, -0.05) is 29.8 Å². The highest BCUT2D eigenvalue weighted by Gasteiger charge is 2.42. The molecule has 13 heteroatoms. The highest BCUT2D eigenvalue weighted by atomic mass is 35.5. The third kappa shape index (κ3) is 8.22. The van der Waals surface area contributed by atoms with Crippen molar-refractivity contribution in [2.24, 2.45) is 5.92 Å². The molecule has 1 fully saturated rings. The van der Waals surface area contributed by atoms with Crippen LogP contribution in [0.15, 0.2) is 46.9 Å². The second-order valence-corrected chi connectivity index (χ2v) is 10.5. The highest BCUT2D eigenvalue weighted by molar-refractivity contribution is 6.33. The smallest absolute Gasteiger partial charge is 0.452 e. The first-order valence-electron chi connectivity index (χ1n) is 13.5. The molecule has 1 aliphatic carbocycles. The molecule has 0 saturated heterocycles. The van der Waals surface area contributed by atoms with Crippen LogP contribution in [0.25, 0.3) is 11.5 Å². The van der Waals surface area contributed by atoms with Gasteiger partial charge >= 0.3 is 12.1 Å². The molecule has 8 nitrogen and oxygen atoms in total. The number of alkyl halides is 3. The van der Waals surface area contributed by atoms with Crippen molar-refractivity contribution >= 4 is 29.2 Å². The van der Waals surface area contributed by atoms with Crippen LogP contribution < -0.4 is 10.6 Å². The Kier molecular flexibility index (Phi) is 10.4. The van der Waals surface area contributed by atoms with E-state index >= 15 is 0 Å². The van der Waals surface area contributed by atoms with Crippen molar-refractivity contribution in [2.45, 2.75) is 50.6 Å². The largest absolute Gasteiger partial charge is 0.481 e. The number of oxazole rings is 1. The van der Waals surface area contributed by atoms with E-state index in [0.29, 0.717) is 12.3 Å². The molecule has 0 atom stereocenters. The van der Waals surface area contributed by atoms with E-state index in [1.807, 2.05) is 24.3 Å². The molecule has 226 valence electrons. The van der Waals surface area contributed by atoms with Crippen LogP contribution in [0.2, 0.25) is 5.02 Å². The fraction of sp³-hybridized carbons (Fsp3) is 0.414. The lowest BCUT2D eigenvalue weighted by Crippen LogP contribution is -2.28. The Hall–Kier alpha value is -3.64. The van der Waals surface area contributed by atoms with E-state index in [0.717, 1.165) is 37.4 Å². The van der Waals surface area contributed by atoms with Crippen LogP contribution in [-0.4, -0.2) is 41.8 Å². The maximum Gasteiger partial charge on any atom is 0.452 e. The van der Waals surface area contributed by atoms with Crippen molar-refractivity contribution in [3.05, 3.63) is 70.3 Å². The minimum atomic E-state index is -5.04. The molecule has 1 aliphatic rings. The van der Waals surface area contributed by atoms with Gasteiger partial charge in [-0.3, -0.25) is 9.59 Å². The number of hydrogen-bond acceptors (Lipinski definition) is 6. The maximum absolute atomic E-state index is 14.2. The Balaban J connectivity index is 1.19. The number of carbonyl (C=O) groups is 2. The monoisotopic (exact) mass is 611 g/mol. The quantitative estimate of drug-likeness (QED) is 0.114. The number of anilines is 1. The summed E-state index contributed by atoms with van der Waals surface area (Å²) in [7, 11) is 0. The standard InChI is InChI=1S/C29H30ClF4N3O5/c30-21-3-1-4-22(31)24(21)28-37-25(26(42-28)29(32,33)34)27(40)35-13-2-14-41-16-36-20-11-9-19(10-12-20)18-7-5-17(6-8-18)15-23(38)39/h1,3-4,9-12,17-18,36H,2,5-8,13-16H2,(H,35,40)(H,38,39). The summed E-state index contributed by atoms with van der Waals surface area (Å²) in [6.07, 6.45) is -0.727. The molecule has 4 rings (SSSR count). The number of carbonyl (C=O) groups excluding carboxylic acids is 1. The van der Waals surface area contributed by atoms with Gasteiger partial charge in [-0.15, -0.1) is 0 Å². The molecule has 0 aliphatic heterocycles. The van der Waals surface area contributed by atoms with Gasteiger partial charge in [-0.25, -0.2) is 9.37 Å². The first-order valence-corrected chi connectivity index (χ1v) is 13.8. The number of amides is 1. The Morgan fingerprint density at radius 1 is 1.10 bits per heavy atom. The second-order valence-electron chi connectivity index (χ2n) is 10.1. The summed E-state index contributed by atoms with van der Waals surface area (Å²) in [5.74, 6) is -4.53. The molecular weight excluding hydrogens is 582 g/mol. The lowest BCUT2D eigenvalue weighted by atomic mass is 9.77. The van der Waals surface area contributed by atoms with Gasteiger partial charge in [0.2, 0.25) is 11.7 Å². The Morgan fingerprint density at radius 2 is 1.81 bits per heavy atom. The van der Waals surface area contributed by atoms with Crippen molar-refractivity contribution in [1.82, 2.24) is 10.3 Å². The fourth-order valence-corrected chi connectivity index (χ4v) is 5.21. The number of rotatable bonds is 12. The van der Waals surface area contributed by atoms with E-state index in [1.165, 1.54) is 17.7 Å². The molecule has 1 amide bonds. The predicted molar refractivity (Wildman–Crippen MR) is 147 cm³/mol. The number of carboxylic acids is 1. The summed E-state index contributed by atoms with van der Waals surface area (Å²) in [6.45, 7) is 0.399. The van der Waals surface area contributed by atoms with E-state index in [4.69, 9.17) is 25.9 Å². The molecule has 0 spiro atoms. The van der Waals surface area contributed by atoms with Gasteiger partial charge < -0.3 is 24.9 Å². The van der Waals surface area contributed by atoms with Crippen LogP contribution >= 0.6 is 11.6 Å². The lowest BCUT2D eigenvalue weighted by Gasteiger charge is -2.28. The number of aliphatic carboxylic acids is 1. The van der Waals surface area contributed by atoms with Crippen molar-refractivity contribution in [2.75, 3.05) is 25.2 Å². The van der Waals surface area contributed by atoms with Gasteiger partial charge in [0.25, 0.3) is 5.91 Å². The summed E-state index contributed by atoms with van der Waals surface area (Å²) in [5, 5.41) is 14.2. The molecule has 3 N–H and O–H groups in total. The topological polar surface area (TPSA) is 114 Å². The zero-order valence-electron chi connectivity index (χ0n) is 22.5. The van der Waals surface area contributed by atoms with E-state index < -0.39 is 46.8 Å². The molecule has 0 bridgehead atoms. The summed E-state index contributed by atoms with van der Waals surface area (Å²) in [4.78, 5) is 27.0. The van der Waals surface area contributed by atoms with Crippen LogP contribution in [0, 0.1) is 11.7 Å². The zero-order chi connectivity index (χ0) is 30.3. The Bertz CT molecular complexity index is 1350. The minimum Gasteiger partial charge on any atom is -0.481 e. The Labute approximate surface area is 244 Å². The summed E-state index contributed by atoms with van der Waals surface area (Å²) in [5.41, 5.74) is 0.578. The van der Waals surface area contributed by atoms with Crippen molar-refractivity contribution < 1.29 is 41.4 Å². The van der Waals surface area contributed by atoms with Gasteiger partial charge in [0.05, 0.1) is 17.2 Å². The van der Waals surface area contributed by atoms with Gasteiger partial charge in [-0.05, 0) is 73.8 Å². The van der Waals surface area contributed by atoms with E-state index in [2.05, 4.69) is 15.6 Å². The van der Waals surface area contributed by atoms with Gasteiger partial charge in [-0.2, -0.15) is 13.2 Å². The van der Waals surface area contributed by atoms with Crippen molar-refractivity contribution in [3.63, 3.8) is 0 Å². The third-order valence-electron chi connectivity index (χ3n) is 7.10. The number of nitrogens with one attached hydrogen (secondary N) is 2. The number of nitrogens with zero attached hydrogens (tertiary/aromatic N) is 1. The zero-order valence-corrected chi connectivity index (χ0v) is 23.2. The van der Waals surface area contributed by atoms with Crippen LogP contribution in [-0.2, 0) is 15.7 Å². The number of carboxylic acid groups (broad SMARTS) is 1. The van der Waals surface area contributed by atoms with Crippen molar-refractivity contribution in [3.8, 4) is 11.5 Å².